The molecule has 0 spiro atoms. The third-order valence-corrected chi connectivity index (χ3v) is 7.48. The fraction of sp³-hybridized carbons (Fsp3) is 0.100. The minimum absolute atomic E-state index is 0.0247. The summed E-state index contributed by atoms with van der Waals surface area (Å²) in [5.41, 5.74) is 1.47. The molecule has 6 aromatic carbocycles. The Morgan fingerprint density at radius 1 is 0.500 bits per heavy atom. The minimum Gasteiger partial charge on any atom is -0.309 e. The minimum atomic E-state index is -0.734. The molecular formula is C40H32N2. The van der Waals surface area contributed by atoms with Crippen molar-refractivity contribution in [3.63, 3.8) is 0 Å². The highest BCUT2D eigenvalue weighted by atomic mass is 15.0. The molecule has 0 saturated carbocycles. The highest BCUT2D eigenvalue weighted by molar-refractivity contribution is 6.10. The van der Waals surface area contributed by atoms with Crippen LogP contribution in [-0.2, 0) is 5.41 Å². The second-order valence-corrected chi connectivity index (χ2v) is 11.2. The number of hydrogen-bond donors (Lipinski definition) is 0. The highest BCUT2D eigenvalue weighted by Crippen LogP contribution is 2.37. The Labute approximate surface area is 267 Å². The summed E-state index contributed by atoms with van der Waals surface area (Å²) in [7, 11) is 0. The third-order valence-electron chi connectivity index (χ3n) is 7.48. The molecule has 0 saturated heterocycles. The van der Waals surface area contributed by atoms with E-state index in [2.05, 4.69) is 0 Å². The second-order valence-electron chi connectivity index (χ2n) is 11.2. The van der Waals surface area contributed by atoms with Gasteiger partial charge in [0.1, 0.15) is 0 Å². The Balaban J connectivity index is 1.44. The van der Waals surface area contributed by atoms with Gasteiger partial charge in [0.15, 0.2) is 0 Å². The number of hydrogen-bond acceptors (Lipinski definition) is 0. The van der Waals surface area contributed by atoms with Crippen molar-refractivity contribution in [2.75, 3.05) is 0 Å². The van der Waals surface area contributed by atoms with E-state index in [1.165, 1.54) is 9.13 Å². The third kappa shape index (κ3) is 3.79. The van der Waals surface area contributed by atoms with Gasteiger partial charge in [0, 0.05) is 32.9 Å². The maximum Gasteiger partial charge on any atom is 0.0645 e. The smallest absolute Gasteiger partial charge is 0.0645 e. The lowest BCUT2D eigenvalue weighted by atomic mass is 9.86. The summed E-state index contributed by atoms with van der Waals surface area (Å²) in [6.45, 7) is 5.46. The zero-order chi connectivity index (χ0) is 41.5. The monoisotopic (exact) mass is 555 g/mol. The maximum absolute atomic E-state index is 9.31. The summed E-state index contributed by atoms with van der Waals surface area (Å²) in [5, 5.41) is 0.105. The molecule has 0 bridgehead atoms. The molecule has 0 amide bonds. The van der Waals surface area contributed by atoms with E-state index in [-0.39, 0.29) is 79.4 Å². The summed E-state index contributed by atoms with van der Waals surface area (Å²) in [4.78, 5) is 0. The lowest BCUT2D eigenvalue weighted by Gasteiger charge is -2.19. The Bertz CT molecular complexity index is 3040. The van der Waals surface area contributed by atoms with Crippen LogP contribution < -0.4 is 0 Å². The van der Waals surface area contributed by atoms with Gasteiger partial charge in [-0.1, -0.05) is 105 Å². The van der Waals surface area contributed by atoms with E-state index in [1.54, 1.807) is 48.5 Å². The van der Waals surface area contributed by atoms with E-state index >= 15 is 0 Å². The molecule has 0 fully saturated rings. The van der Waals surface area contributed by atoms with Crippen LogP contribution in [0.2, 0.25) is 0 Å². The molecule has 42 heavy (non-hydrogen) atoms. The molecule has 0 aliphatic carbocycles. The normalized spacial score (nSPS) is 17.2. The first-order valence-corrected chi connectivity index (χ1v) is 13.5. The van der Waals surface area contributed by atoms with Gasteiger partial charge in [-0.3, -0.25) is 0 Å². The van der Waals surface area contributed by atoms with E-state index in [4.69, 9.17) is 17.8 Å². The molecule has 2 heteroatoms. The fourth-order valence-corrected chi connectivity index (χ4v) is 5.48. The quantitative estimate of drug-likeness (QED) is 0.205. The summed E-state index contributed by atoms with van der Waals surface area (Å²) in [6.07, 6.45) is 0. The number of aromatic nitrogens is 2. The molecule has 2 aromatic heterocycles. The van der Waals surface area contributed by atoms with E-state index < -0.39 is 65.8 Å². The number of fused-ring (bicyclic) bond motifs is 6. The zero-order valence-electron chi connectivity index (χ0n) is 38.0. The molecule has 2 nitrogen and oxygen atoms in total. The van der Waals surface area contributed by atoms with Gasteiger partial charge < -0.3 is 9.13 Å². The second kappa shape index (κ2) is 9.22. The first-order chi connectivity index (χ1) is 26.7. The van der Waals surface area contributed by atoms with Crippen molar-refractivity contribution in [1.82, 2.24) is 9.13 Å². The predicted molar refractivity (Wildman–Crippen MR) is 179 cm³/mol. The van der Waals surface area contributed by atoms with E-state index in [1.807, 2.05) is 20.8 Å². The predicted octanol–water partition coefficient (Wildman–Crippen LogP) is 10.8. The molecule has 8 aromatic rings. The van der Waals surface area contributed by atoms with Crippen LogP contribution in [0.1, 0.15) is 46.9 Å². The average molecular weight is 556 g/mol. The number of para-hydroxylation sites is 3. The topological polar surface area (TPSA) is 9.86 Å². The molecule has 0 aliphatic rings. The molecule has 0 radical (unpaired) electrons. The van der Waals surface area contributed by atoms with E-state index in [9.17, 15) is 2.74 Å². The van der Waals surface area contributed by atoms with Crippen molar-refractivity contribution in [2.24, 2.45) is 0 Å². The summed E-state index contributed by atoms with van der Waals surface area (Å²) in [6, 6.07) is 7.59. The van der Waals surface area contributed by atoms with Crippen LogP contribution in [0.4, 0.5) is 0 Å². The van der Waals surface area contributed by atoms with Gasteiger partial charge in [0.25, 0.3) is 0 Å². The first-order valence-electron chi connectivity index (χ1n) is 21.0. The van der Waals surface area contributed by atoms with Crippen LogP contribution in [0.15, 0.2) is 139 Å². The Morgan fingerprint density at radius 3 is 1.40 bits per heavy atom. The Hall–Kier alpha value is -5.08. The lowest BCUT2D eigenvalue weighted by Crippen LogP contribution is -2.10. The van der Waals surface area contributed by atoms with Crippen LogP contribution in [0.5, 0.6) is 0 Å². The maximum atomic E-state index is 9.31. The van der Waals surface area contributed by atoms with Gasteiger partial charge >= 0.3 is 0 Å². The van der Waals surface area contributed by atoms with Gasteiger partial charge in [-0.25, -0.2) is 0 Å². The molecule has 0 aliphatic heterocycles. The SMILES string of the molecule is [2H]c1c([2H])c([2H])c2c(c1[2H])c1c([2H])c([2H])c([2H])c([2H])c1n2-c1cccc(-c2cccc(-n3c4c([2H])c([2H])c([2H])c([2H])c4c4c([2H])c(C(C)(C)C)c([2H])c([2H])c43)c2)c1. The Morgan fingerprint density at radius 2 is 0.929 bits per heavy atom. The van der Waals surface area contributed by atoms with Crippen molar-refractivity contribution in [1.29, 1.82) is 0 Å². The standard InChI is InChI=1S/C40H32N2/c1-40(2,3)29-22-23-39-35(26-29)34-18-6-9-21-38(34)42(39)31-15-11-13-28(25-31)27-12-10-14-30(24-27)41-36-19-7-4-16-32(36)33-17-5-8-20-37(33)41/h4-26H,1-3H3/i4D,5D,6D,7D,8D,9D,16D,17D,18D,19D,20D,21D,22D,23D,26D. The van der Waals surface area contributed by atoms with Gasteiger partial charge in [0.05, 0.1) is 42.6 Å². The summed E-state index contributed by atoms with van der Waals surface area (Å²) < 4.78 is 134. The lowest BCUT2D eigenvalue weighted by molar-refractivity contribution is 0.591. The molecule has 202 valence electrons. The fourth-order valence-electron chi connectivity index (χ4n) is 5.48. The molecule has 0 unspecified atom stereocenters. The van der Waals surface area contributed by atoms with Crippen LogP contribution in [0.3, 0.4) is 0 Å². The van der Waals surface area contributed by atoms with Crippen LogP contribution in [0, 0.1) is 0 Å². The van der Waals surface area contributed by atoms with Crippen molar-refractivity contribution in [3.8, 4) is 22.5 Å². The van der Waals surface area contributed by atoms with Crippen molar-refractivity contribution in [3.05, 3.63) is 145 Å². The molecule has 0 atom stereocenters. The number of rotatable bonds is 3. The molecule has 2 heterocycles. The van der Waals surface area contributed by atoms with Crippen LogP contribution in [-0.4, -0.2) is 9.13 Å². The zero-order valence-corrected chi connectivity index (χ0v) is 23.0. The van der Waals surface area contributed by atoms with Crippen molar-refractivity contribution >= 4 is 43.6 Å². The van der Waals surface area contributed by atoms with Crippen LogP contribution >= 0.6 is 0 Å². The van der Waals surface area contributed by atoms with Gasteiger partial charge in [-0.05, 0) is 76.6 Å². The Kier molecular flexibility index (Phi) is 3.01. The van der Waals surface area contributed by atoms with E-state index in [0.29, 0.717) is 22.5 Å². The van der Waals surface area contributed by atoms with Crippen molar-refractivity contribution in [2.45, 2.75) is 26.2 Å². The van der Waals surface area contributed by atoms with Crippen molar-refractivity contribution < 1.29 is 20.6 Å². The van der Waals surface area contributed by atoms with E-state index in [0.717, 1.165) is 0 Å². The summed E-state index contributed by atoms with van der Waals surface area (Å²) >= 11 is 0. The molecule has 8 rings (SSSR count). The molecular weight excluding hydrogens is 508 g/mol. The van der Waals surface area contributed by atoms with Gasteiger partial charge in [-0.2, -0.15) is 0 Å². The van der Waals surface area contributed by atoms with Crippen LogP contribution in [0.25, 0.3) is 66.1 Å². The van der Waals surface area contributed by atoms with Gasteiger partial charge in [0.2, 0.25) is 0 Å². The van der Waals surface area contributed by atoms with Gasteiger partial charge in [-0.15, -0.1) is 0 Å². The first kappa shape index (κ1) is 13.7. The average Bonchev–Trinajstić information content (AvgIpc) is 3.73. The molecule has 0 N–H and O–H groups in total. The number of benzene rings is 6. The summed E-state index contributed by atoms with van der Waals surface area (Å²) in [5.74, 6) is 0. The highest BCUT2D eigenvalue weighted by Gasteiger charge is 2.18. The number of nitrogens with zero attached hydrogens (tertiary/aromatic N) is 2. The largest absolute Gasteiger partial charge is 0.309 e.